The number of alkyl halides is 3. The van der Waals surface area contributed by atoms with Gasteiger partial charge in [0.15, 0.2) is 0 Å². The average molecular weight is 297 g/mol. The van der Waals surface area contributed by atoms with Gasteiger partial charge < -0.3 is 14.8 Å². The second kappa shape index (κ2) is 9.58. The summed E-state index contributed by atoms with van der Waals surface area (Å²) < 4.78 is 48.8. The molecule has 0 aliphatic heterocycles. The molecule has 0 saturated heterocycles. The lowest BCUT2D eigenvalue weighted by Crippen LogP contribution is -2.45. The van der Waals surface area contributed by atoms with E-state index in [1.807, 2.05) is 0 Å². The van der Waals surface area contributed by atoms with Gasteiger partial charge in [-0.15, -0.1) is 0 Å². The minimum atomic E-state index is -4.07. The van der Waals surface area contributed by atoms with Crippen LogP contribution in [0, 0.1) is 5.92 Å². The number of hydrogen-bond acceptors (Lipinski definition) is 3. The highest BCUT2D eigenvalue weighted by Crippen LogP contribution is 2.37. The van der Waals surface area contributed by atoms with Crippen molar-refractivity contribution in [1.82, 2.24) is 5.32 Å². The van der Waals surface area contributed by atoms with Gasteiger partial charge in [-0.05, 0) is 32.2 Å². The molecule has 3 nitrogen and oxygen atoms in total. The Morgan fingerprint density at radius 2 is 1.80 bits per heavy atom. The van der Waals surface area contributed by atoms with Crippen LogP contribution in [0.4, 0.5) is 13.2 Å². The van der Waals surface area contributed by atoms with Gasteiger partial charge in [0, 0.05) is 19.8 Å². The van der Waals surface area contributed by atoms with Crippen molar-refractivity contribution in [2.24, 2.45) is 5.92 Å². The highest BCUT2D eigenvalue weighted by Gasteiger charge is 2.45. The molecule has 0 radical (unpaired) electrons. The molecule has 2 atom stereocenters. The Kier molecular flexibility index (Phi) is 8.49. The van der Waals surface area contributed by atoms with Crippen LogP contribution >= 0.6 is 0 Å². The van der Waals surface area contributed by atoms with Crippen molar-refractivity contribution >= 4 is 0 Å². The Bertz CT molecular complexity index is 249. The predicted molar refractivity (Wildman–Crippen MR) is 71.7 cm³/mol. The van der Waals surface area contributed by atoms with E-state index in [9.17, 15) is 13.2 Å². The fraction of sp³-hybridized carbons (Fsp3) is 1.00. The van der Waals surface area contributed by atoms with E-state index in [0.29, 0.717) is 39.2 Å². The van der Waals surface area contributed by atoms with E-state index in [0.717, 1.165) is 19.3 Å². The van der Waals surface area contributed by atoms with Crippen LogP contribution in [-0.4, -0.2) is 45.7 Å². The Hall–Kier alpha value is -0.330. The van der Waals surface area contributed by atoms with E-state index in [1.54, 1.807) is 7.11 Å². The van der Waals surface area contributed by atoms with Crippen LogP contribution in [-0.2, 0) is 9.47 Å². The molecule has 120 valence electrons. The summed E-state index contributed by atoms with van der Waals surface area (Å²) in [4.78, 5) is 0. The Balaban J connectivity index is 2.10. The zero-order valence-electron chi connectivity index (χ0n) is 12.2. The van der Waals surface area contributed by atoms with Crippen LogP contribution in [0.2, 0.25) is 0 Å². The van der Waals surface area contributed by atoms with E-state index in [2.05, 4.69) is 5.32 Å². The van der Waals surface area contributed by atoms with Crippen molar-refractivity contribution in [3.05, 3.63) is 0 Å². The molecule has 1 fully saturated rings. The second-order valence-corrected chi connectivity index (χ2v) is 5.31. The largest absolute Gasteiger partial charge is 0.393 e. The molecule has 2 unspecified atom stereocenters. The fourth-order valence-corrected chi connectivity index (χ4v) is 2.63. The van der Waals surface area contributed by atoms with Crippen molar-refractivity contribution in [1.29, 1.82) is 0 Å². The van der Waals surface area contributed by atoms with E-state index >= 15 is 0 Å². The summed E-state index contributed by atoms with van der Waals surface area (Å²) in [5.41, 5.74) is 0. The summed E-state index contributed by atoms with van der Waals surface area (Å²) in [6, 6.07) is -0.404. The quantitative estimate of drug-likeness (QED) is 0.663. The average Bonchev–Trinajstić information content (AvgIpc) is 2.41. The topological polar surface area (TPSA) is 30.5 Å². The standard InChI is InChI=1S/C14H26F3NO2/c1-19-10-11-20-9-5-4-8-18-13-7-3-2-6-12(13)14(15,16)17/h12-13,18H,2-11H2,1H3. The zero-order chi connectivity index (χ0) is 14.8. The van der Waals surface area contributed by atoms with Gasteiger partial charge >= 0.3 is 6.18 Å². The summed E-state index contributed by atoms with van der Waals surface area (Å²) in [6.07, 6.45) is 0.116. The summed E-state index contributed by atoms with van der Waals surface area (Å²) in [5, 5.41) is 3.08. The van der Waals surface area contributed by atoms with E-state index in [-0.39, 0.29) is 6.42 Å². The third kappa shape index (κ3) is 6.90. The van der Waals surface area contributed by atoms with Gasteiger partial charge in [0.05, 0.1) is 19.1 Å². The lowest BCUT2D eigenvalue weighted by Gasteiger charge is -2.33. The molecular weight excluding hydrogens is 271 g/mol. The van der Waals surface area contributed by atoms with Crippen LogP contribution in [0.3, 0.4) is 0 Å². The van der Waals surface area contributed by atoms with Crippen molar-refractivity contribution in [2.45, 2.75) is 50.7 Å². The molecular formula is C14H26F3NO2. The zero-order valence-corrected chi connectivity index (χ0v) is 12.2. The van der Waals surface area contributed by atoms with Gasteiger partial charge in [-0.3, -0.25) is 0 Å². The van der Waals surface area contributed by atoms with Gasteiger partial charge in [0.1, 0.15) is 0 Å². The van der Waals surface area contributed by atoms with Crippen molar-refractivity contribution in [2.75, 3.05) is 33.5 Å². The fourth-order valence-electron chi connectivity index (χ4n) is 2.63. The Labute approximate surface area is 119 Å². The van der Waals surface area contributed by atoms with Gasteiger partial charge in [0.2, 0.25) is 0 Å². The van der Waals surface area contributed by atoms with Crippen molar-refractivity contribution < 1.29 is 22.6 Å². The van der Waals surface area contributed by atoms with E-state index in [4.69, 9.17) is 9.47 Å². The monoisotopic (exact) mass is 297 g/mol. The summed E-state index contributed by atoms with van der Waals surface area (Å²) in [5.74, 6) is -1.17. The Morgan fingerprint density at radius 1 is 1.05 bits per heavy atom. The van der Waals surface area contributed by atoms with Gasteiger partial charge in [-0.2, -0.15) is 13.2 Å². The van der Waals surface area contributed by atoms with Crippen LogP contribution < -0.4 is 5.32 Å². The third-order valence-corrected chi connectivity index (χ3v) is 3.74. The molecule has 0 bridgehead atoms. The molecule has 6 heteroatoms. The molecule has 1 aliphatic rings. The number of rotatable bonds is 9. The molecule has 0 aromatic rings. The van der Waals surface area contributed by atoms with Gasteiger partial charge in [-0.25, -0.2) is 0 Å². The Morgan fingerprint density at radius 3 is 2.50 bits per heavy atom. The number of nitrogens with one attached hydrogen (secondary N) is 1. The smallest absolute Gasteiger partial charge is 0.382 e. The molecule has 1 N–H and O–H groups in total. The van der Waals surface area contributed by atoms with Crippen LogP contribution in [0.5, 0.6) is 0 Å². The molecule has 1 aliphatic carbocycles. The van der Waals surface area contributed by atoms with E-state index < -0.39 is 18.1 Å². The predicted octanol–water partition coefficient (Wildman–Crippen LogP) is 3.14. The second-order valence-electron chi connectivity index (χ2n) is 5.31. The maximum Gasteiger partial charge on any atom is 0.393 e. The summed E-state index contributed by atoms with van der Waals surface area (Å²) in [7, 11) is 1.62. The molecule has 0 heterocycles. The molecule has 20 heavy (non-hydrogen) atoms. The minimum absolute atomic E-state index is 0.265. The first-order valence-electron chi connectivity index (χ1n) is 7.42. The number of methoxy groups -OCH3 is 1. The van der Waals surface area contributed by atoms with Crippen molar-refractivity contribution in [3.63, 3.8) is 0 Å². The number of hydrogen-bond donors (Lipinski definition) is 1. The highest BCUT2D eigenvalue weighted by atomic mass is 19.4. The first kappa shape index (κ1) is 17.7. The molecule has 1 saturated carbocycles. The van der Waals surface area contributed by atoms with Crippen LogP contribution in [0.25, 0.3) is 0 Å². The molecule has 0 aromatic heterocycles. The maximum absolute atomic E-state index is 12.9. The first-order chi connectivity index (χ1) is 9.55. The van der Waals surface area contributed by atoms with Crippen LogP contribution in [0.15, 0.2) is 0 Å². The number of ether oxygens (including phenoxy) is 2. The van der Waals surface area contributed by atoms with E-state index in [1.165, 1.54) is 0 Å². The lowest BCUT2D eigenvalue weighted by atomic mass is 9.84. The van der Waals surface area contributed by atoms with Gasteiger partial charge in [-0.1, -0.05) is 12.8 Å². The maximum atomic E-state index is 12.9. The first-order valence-corrected chi connectivity index (χ1v) is 7.42. The highest BCUT2D eigenvalue weighted by molar-refractivity contribution is 4.85. The van der Waals surface area contributed by atoms with Gasteiger partial charge in [0.25, 0.3) is 0 Å². The third-order valence-electron chi connectivity index (χ3n) is 3.74. The molecule has 0 aromatic carbocycles. The normalized spacial score (nSPS) is 24.0. The summed E-state index contributed by atoms with van der Waals surface area (Å²) in [6.45, 7) is 2.42. The SMILES string of the molecule is COCCOCCCCNC1CCCCC1C(F)(F)F. The molecule has 1 rings (SSSR count). The van der Waals surface area contributed by atoms with Crippen molar-refractivity contribution in [3.8, 4) is 0 Å². The van der Waals surface area contributed by atoms with Crippen LogP contribution in [0.1, 0.15) is 38.5 Å². The molecule has 0 spiro atoms. The lowest BCUT2D eigenvalue weighted by molar-refractivity contribution is -0.188. The molecule has 0 amide bonds. The summed E-state index contributed by atoms with van der Waals surface area (Å²) >= 11 is 0. The minimum Gasteiger partial charge on any atom is -0.382 e. The number of halogens is 3. The number of unbranched alkanes of at least 4 members (excludes halogenated alkanes) is 1.